The average molecular weight is 413 g/mol. The third kappa shape index (κ3) is 7.98. The standard InChI is InChI=1S/C24H32N2O4/c1-17(2)12-20(14-23(28)30-16-18-8-4-3-5-9-18)24(29)26-21(15-25)13-19-10-6-7-11-22(19)27/h3-5,8-9,17,19-21H,6-7,10-14,16H2,1-2H3,(H,26,29)/t19-,20+,21-/m0/s1. The fourth-order valence-electron chi connectivity index (χ4n) is 3.87. The second-order valence-electron chi connectivity index (χ2n) is 8.51. The molecule has 1 saturated carbocycles. The number of carbonyl (C=O) groups excluding carboxylic acids is 3. The number of amides is 1. The highest BCUT2D eigenvalue weighted by Gasteiger charge is 2.29. The van der Waals surface area contributed by atoms with Crippen LogP contribution in [0.3, 0.4) is 0 Å². The number of hydrogen-bond acceptors (Lipinski definition) is 5. The van der Waals surface area contributed by atoms with E-state index in [1.54, 1.807) is 0 Å². The second kappa shape index (κ2) is 12.1. The van der Waals surface area contributed by atoms with Gasteiger partial charge in [-0.2, -0.15) is 5.26 Å². The Labute approximate surface area is 179 Å². The van der Waals surface area contributed by atoms with E-state index in [4.69, 9.17) is 4.74 Å². The highest BCUT2D eigenvalue weighted by Crippen LogP contribution is 2.25. The molecule has 1 N–H and O–H groups in total. The van der Waals surface area contributed by atoms with Gasteiger partial charge >= 0.3 is 5.97 Å². The molecule has 0 saturated heterocycles. The number of ketones is 1. The van der Waals surface area contributed by atoms with Crippen molar-refractivity contribution in [3.8, 4) is 6.07 Å². The maximum Gasteiger partial charge on any atom is 0.306 e. The zero-order chi connectivity index (χ0) is 21.9. The third-order valence-electron chi connectivity index (χ3n) is 5.46. The van der Waals surface area contributed by atoms with Crippen LogP contribution in [0, 0.1) is 29.1 Å². The average Bonchev–Trinajstić information content (AvgIpc) is 2.73. The summed E-state index contributed by atoms with van der Waals surface area (Å²) in [6.45, 7) is 4.14. The van der Waals surface area contributed by atoms with Crippen molar-refractivity contribution in [2.45, 2.75) is 71.4 Å². The van der Waals surface area contributed by atoms with Crippen molar-refractivity contribution in [2.75, 3.05) is 0 Å². The Morgan fingerprint density at radius 3 is 2.60 bits per heavy atom. The molecular formula is C24H32N2O4. The van der Waals surface area contributed by atoms with Crippen molar-refractivity contribution in [3.05, 3.63) is 35.9 Å². The van der Waals surface area contributed by atoms with E-state index in [-0.39, 0.29) is 36.6 Å². The maximum atomic E-state index is 12.8. The van der Waals surface area contributed by atoms with Gasteiger partial charge in [0.2, 0.25) is 5.91 Å². The Bertz CT molecular complexity index is 754. The van der Waals surface area contributed by atoms with Crippen LogP contribution in [-0.4, -0.2) is 23.7 Å². The summed E-state index contributed by atoms with van der Waals surface area (Å²) in [5.41, 5.74) is 0.886. The molecule has 2 rings (SSSR count). The van der Waals surface area contributed by atoms with E-state index >= 15 is 0 Å². The fourth-order valence-corrected chi connectivity index (χ4v) is 3.87. The Hall–Kier alpha value is -2.68. The zero-order valence-corrected chi connectivity index (χ0v) is 17.9. The van der Waals surface area contributed by atoms with Gasteiger partial charge in [-0.15, -0.1) is 0 Å². The molecule has 0 bridgehead atoms. The molecule has 1 aliphatic carbocycles. The summed E-state index contributed by atoms with van der Waals surface area (Å²) in [4.78, 5) is 37.2. The van der Waals surface area contributed by atoms with Crippen LogP contribution in [0.25, 0.3) is 0 Å². The van der Waals surface area contributed by atoms with E-state index in [0.29, 0.717) is 19.3 Å². The van der Waals surface area contributed by atoms with Crippen LogP contribution in [0.15, 0.2) is 30.3 Å². The molecule has 0 radical (unpaired) electrons. The first kappa shape index (κ1) is 23.6. The highest BCUT2D eigenvalue weighted by molar-refractivity contribution is 5.84. The van der Waals surface area contributed by atoms with E-state index in [9.17, 15) is 19.6 Å². The van der Waals surface area contributed by atoms with Gasteiger partial charge in [-0.25, -0.2) is 0 Å². The molecule has 6 heteroatoms. The number of nitrogens with one attached hydrogen (secondary N) is 1. The highest BCUT2D eigenvalue weighted by atomic mass is 16.5. The molecule has 1 aromatic carbocycles. The van der Waals surface area contributed by atoms with Crippen molar-refractivity contribution in [2.24, 2.45) is 17.8 Å². The largest absolute Gasteiger partial charge is 0.461 e. The fraction of sp³-hybridized carbons (Fsp3) is 0.583. The smallest absolute Gasteiger partial charge is 0.306 e. The van der Waals surface area contributed by atoms with Gasteiger partial charge in [0.1, 0.15) is 18.4 Å². The number of hydrogen-bond donors (Lipinski definition) is 1. The predicted octanol–water partition coefficient (Wildman–Crippen LogP) is 3.94. The zero-order valence-electron chi connectivity index (χ0n) is 17.9. The Morgan fingerprint density at radius 1 is 1.23 bits per heavy atom. The Kier molecular flexibility index (Phi) is 9.53. The van der Waals surface area contributed by atoms with E-state index in [0.717, 1.165) is 24.8 Å². The van der Waals surface area contributed by atoms with Gasteiger partial charge in [0.25, 0.3) is 0 Å². The van der Waals surface area contributed by atoms with Crippen LogP contribution < -0.4 is 5.32 Å². The lowest BCUT2D eigenvalue weighted by molar-refractivity contribution is -0.148. The third-order valence-corrected chi connectivity index (χ3v) is 5.46. The summed E-state index contributed by atoms with van der Waals surface area (Å²) in [5, 5.41) is 12.2. The molecule has 6 nitrogen and oxygen atoms in total. The SMILES string of the molecule is CC(C)C[C@H](CC(=O)OCc1ccccc1)C(=O)N[C@H](C#N)C[C@@H]1CCCCC1=O. The normalized spacial score (nSPS) is 18.3. The minimum absolute atomic E-state index is 0.0304. The van der Waals surface area contributed by atoms with Crippen molar-refractivity contribution < 1.29 is 19.1 Å². The predicted molar refractivity (Wildman–Crippen MR) is 113 cm³/mol. The number of rotatable bonds is 10. The van der Waals surface area contributed by atoms with Crippen LogP contribution in [0.5, 0.6) is 0 Å². The number of benzene rings is 1. The van der Waals surface area contributed by atoms with Crippen LogP contribution in [-0.2, 0) is 25.7 Å². The monoisotopic (exact) mass is 412 g/mol. The van der Waals surface area contributed by atoms with Gasteiger partial charge in [-0.05, 0) is 37.2 Å². The quantitative estimate of drug-likeness (QED) is 0.587. The topological polar surface area (TPSA) is 96.3 Å². The molecule has 30 heavy (non-hydrogen) atoms. The summed E-state index contributed by atoms with van der Waals surface area (Å²) in [7, 11) is 0. The first-order valence-corrected chi connectivity index (χ1v) is 10.8. The summed E-state index contributed by atoms with van der Waals surface area (Å²) >= 11 is 0. The summed E-state index contributed by atoms with van der Waals surface area (Å²) in [6, 6.07) is 10.8. The van der Waals surface area contributed by atoms with Gasteiger partial charge in [-0.1, -0.05) is 50.6 Å². The molecule has 0 spiro atoms. The van der Waals surface area contributed by atoms with E-state index in [1.807, 2.05) is 44.2 Å². The molecule has 1 amide bonds. The van der Waals surface area contributed by atoms with E-state index in [2.05, 4.69) is 11.4 Å². The Morgan fingerprint density at radius 2 is 1.97 bits per heavy atom. The van der Waals surface area contributed by atoms with Gasteiger partial charge < -0.3 is 10.1 Å². The lowest BCUT2D eigenvalue weighted by Gasteiger charge is -2.24. The molecule has 1 aromatic rings. The minimum Gasteiger partial charge on any atom is -0.461 e. The molecule has 3 atom stereocenters. The first-order chi connectivity index (χ1) is 14.4. The number of nitrogens with zero attached hydrogens (tertiary/aromatic N) is 1. The first-order valence-electron chi connectivity index (χ1n) is 10.8. The lowest BCUT2D eigenvalue weighted by atomic mass is 9.83. The van der Waals surface area contributed by atoms with Crippen molar-refractivity contribution in [1.82, 2.24) is 5.32 Å². The van der Waals surface area contributed by atoms with E-state index in [1.165, 1.54) is 0 Å². The molecule has 0 aromatic heterocycles. The summed E-state index contributed by atoms with van der Waals surface area (Å²) in [6.07, 6.45) is 4.04. The molecule has 162 valence electrons. The minimum atomic E-state index is -0.723. The molecule has 0 unspecified atom stereocenters. The number of esters is 1. The van der Waals surface area contributed by atoms with E-state index < -0.39 is 17.9 Å². The van der Waals surface area contributed by atoms with Crippen LogP contribution in [0.2, 0.25) is 0 Å². The number of Topliss-reactive ketones (excluding diaryl/α,β-unsaturated/α-hetero) is 1. The number of nitriles is 1. The van der Waals surface area contributed by atoms with Gasteiger partial charge in [0.15, 0.2) is 0 Å². The molecule has 0 aliphatic heterocycles. The Balaban J connectivity index is 1.91. The molecule has 1 fully saturated rings. The number of ether oxygens (including phenoxy) is 1. The van der Waals surface area contributed by atoms with Gasteiger partial charge in [0, 0.05) is 18.3 Å². The summed E-state index contributed by atoms with van der Waals surface area (Å²) < 4.78 is 5.33. The van der Waals surface area contributed by atoms with Crippen molar-refractivity contribution in [1.29, 1.82) is 5.26 Å². The van der Waals surface area contributed by atoms with Crippen LogP contribution in [0.4, 0.5) is 0 Å². The molecule has 1 aliphatic rings. The van der Waals surface area contributed by atoms with Gasteiger partial charge in [0.05, 0.1) is 12.5 Å². The van der Waals surface area contributed by atoms with Crippen molar-refractivity contribution in [3.63, 3.8) is 0 Å². The molecular weight excluding hydrogens is 380 g/mol. The van der Waals surface area contributed by atoms with Crippen molar-refractivity contribution >= 4 is 17.7 Å². The van der Waals surface area contributed by atoms with Crippen LogP contribution >= 0.6 is 0 Å². The lowest BCUT2D eigenvalue weighted by Crippen LogP contribution is -2.41. The van der Waals surface area contributed by atoms with Crippen LogP contribution in [0.1, 0.15) is 64.4 Å². The summed E-state index contributed by atoms with van der Waals surface area (Å²) in [5.74, 6) is -1.10. The maximum absolute atomic E-state index is 12.8. The van der Waals surface area contributed by atoms with Gasteiger partial charge in [-0.3, -0.25) is 14.4 Å². The number of carbonyl (C=O) groups is 3. The molecule has 0 heterocycles. The second-order valence-corrected chi connectivity index (χ2v) is 8.51.